The molecule has 3 fully saturated rings. The average molecular weight is 579 g/mol. The zero-order valence-electron chi connectivity index (χ0n) is 24.0. The van der Waals surface area contributed by atoms with Crippen LogP contribution in [0.25, 0.3) is 11.1 Å². The molecule has 2 aliphatic heterocycles. The van der Waals surface area contributed by atoms with E-state index in [0.717, 1.165) is 33.4 Å². The lowest BCUT2D eigenvalue weighted by Crippen LogP contribution is -2.53. The quantitative estimate of drug-likeness (QED) is 0.285. The van der Waals surface area contributed by atoms with Crippen LogP contribution in [-0.2, 0) is 32.3 Å². The molecule has 2 bridgehead atoms. The highest BCUT2D eigenvalue weighted by atomic mass is 16.2. The van der Waals surface area contributed by atoms with Crippen LogP contribution in [0.2, 0.25) is 0 Å². The van der Waals surface area contributed by atoms with Gasteiger partial charge in [0.2, 0.25) is 23.6 Å². The first-order valence-electron chi connectivity index (χ1n) is 15.2. The van der Waals surface area contributed by atoms with E-state index >= 15 is 0 Å². The van der Waals surface area contributed by atoms with E-state index in [2.05, 4.69) is 0 Å². The highest BCUT2D eigenvalue weighted by Gasteiger charge is 2.72. The Morgan fingerprint density at radius 1 is 0.364 bits per heavy atom. The van der Waals surface area contributed by atoms with Gasteiger partial charge >= 0.3 is 0 Å². The Balaban J connectivity index is 1.32. The van der Waals surface area contributed by atoms with Crippen molar-refractivity contribution < 1.29 is 19.2 Å². The lowest BCUT2D eigenvalue weighted by molar-refractivity contribution is -0.140. The van der Waals surface area contributed by atoms with E-state index in [9.17, 15) is 19.2 Å². The summed E-state index contributed by atoms with van der Waals surface area (Å²) < 4.78 is 0. The number of amides is 4. The molecule has 6 atom stereocenters. The Morgan fingerprint density at radius 3 is 0.932 bits per heavy atom. The van der Waals surface area contributed by atoms with E-state index in [0.29, 0.717) is 0 Å². The SMILES string of the molecule is O=C1[C@@H]2C3C(c4ccccc4)=C(c4ccccc4)C([C@@H]2C(=O)N1Cc1ccccc1)[C@@H]1C(=O)N(Cc2ccccc2)C(=O)[C@@H]31. The summed E-state index contributed by atoms with van der Waals surface area (Å²) in [5.74, 6) is -5.08. The van der Waals surface area contributed by atoms with Crippen molar-refractivity contribution in [3.05, 3.63) is 144 Å². The van der Waals surface area contributed by atoms with Crippen LogP contribution in [0.4, 0.5) is 0 Å². The maximum atomic E-state index is 14.4. The molecule has 4 aromatic rings. The number of imide groups is 2. The van der Waals surface area contributed by atoms with Crippen LogP contribution in [-0.4, -0.2) is 33.4 Å². The monoisotopic (exact) mass is 578 g/mol. The van der Waals surface area contributed by atoms with E-state index in [1.165, 1.54) is 9.80 Å². The van der Waals surface area contributed by atoms with Crippen LogP contribution in [0, 0.1) is 35.5 Å². The molecule has 5 aliphatic rings. The number of likely N-dealkylation sites (tertiary alicyclic amines) is 2. The minimum Gasteiger partial charge on any atom is -0.278 e. The third kappa shape index (κ3) is 3.87. The predicted molar refractivity (Wildman–Crippen MR) is 165 cm³/mol. The van der Waals surface area contributed by atoms with Crippen molar-refractivity contribution in [3.8, 4) is 0 Å². The molecule has 4 aromatic carbocycles. The van der Waals surface area contributed by atoms with Crippen LogP contribution >= 0.6 is 0 Å². The van der Waals surface area contributed by atoms with Gasteiger partial charge in [-0.1, -0.05) is 121 Å². The van der Waals surface area contributed by atoms with Gasteiger partial charge in [0.05, 0.1) is 36.8 Å². The van der Waals surface area contributed by atoms with Gasteiger partial charge in [-0.25, -0.2) is 0 Å². The number of hydrogen-bond donors (Lipinski definition) is 0. The molecule has 0 radical (unpaired) electrons. The summed E-state index contributed by atoms with van der Waals surface area (Å²) in [7, 11) is 0. The van der Waals surface area contributed by atoms with Gasteiger partial charge in [0, 0.05) is 11.8 Å². The molecule has 6 nitrogen and oxygen atoms in total. The fourth-order valence-electron chi connectivity index (χ4n) is 8.36. The summed E-state index contributed by atoms with van der Waals surface area (Å²) in [6, 6.07) is 38.7. The van der Waals surface area contributed by atoms with E-state index in [-0.39, 0.29) is 36.7 Å². The lowest BCUT2D eigenvalue weighted by atomic mass is 9.48. The largest absolute Gasteiger partial charge is 0.278 e. The second-order valence-corrected chi connectivity index (χ2v) is 12.2. The Hall–Kier alpha value is -5.10. The van der Waals surface area contributed by atoms with Gasteiger partial charge in [0.15, 0.2) is 0 Å². The summed E-state index contributed by atoms with van der Waals surface area (Å²) in [5, 5.41) is 0. The average Bonchev–Trinajstić information content (AvgIpc) is 3.48. The van der Waals surface area contributed by atoms with Crippen molar-refractivity contribution in [2.75, 3.05) is 0 Å². The van der Waals surface area contributed by atoms with Crippen molar-refractivity contribution in [1.82, 2.24) is 9.80 Å². The third-order valence-electron chi connectivity index (χ3n) is 10.0. The molecule has 3 aliphatic carbocycles. The molecule has 1 saturated carbocycles. The maximum absolute atomic E-state index is 14.4. The molecule has 0 spiro atoms. The topological polar surface area (TPSA) is 74.8 Å². The van der Waals surface area contributed by atoms with E-state index in [1.807, 2.05) is 121 Å². The first kappa shape index (κ1) is 26.5. The van der Waals surface area contributed by atoms with Crippen LogP contribution in [0.15, 0.2) is 121 Å². The van der Waals surface area contributed by atoms with Crippen LogP contribution in [0.1, 0.15) is 22.3 Å². The first-order valence-corrected chi connectivity index (χ1v) is 15.2. The van der Waals surface area contributed by atoms with E-state index in [4.69, 9.17) is 0 Å². The molecular weight excluding hydrogens is 548 g/mol. The molecule has 9 rings (SSSR count). The number of carbonyl (C=O) groups is 4. The van der Waals surface area contributed by atoms with Crippen LogP contribution in [0.5, 0.6) is 0 Å². The summed E-state index contributed by atoms with van der Waals surface area (Å²) in [6.45, 7) is 0.341. The smallest absolute Gasteiger partial charge is 0.234 e. The number of benzene rings is 4. The maximum Gasteiger partial charge on any atom is 0.234 e. The summed E-state index contributed by atoms with van der Waals surface area (Å²) in [5.41, 5.74) is 5.38. The minimum atomic E-state index is -0.714. The number of hydrogen-bond acceptors (Lipinski definition) is 4. The molecule has 216 valence electrons. The Bertz CT molecular complexity index is 1640. The molecule has 2 unspecified atom stereocenters. The zero-order chi connectivity index (χ0) is 29.9. The zero-order valence-corrected chi connectivity index (χ0v) is 24.0. The highest BCUT2D eigenvalue weighted by molar-refractivity contribution is 6.16. The van der Waals surface area contributed by atoms with Gasteiger partial charge in [0.1, 0.15) is 0 Å². The second-order valence-electron chi connectivity index (χ2n) is 12.2. The normalized spacial score (nSPS) is 27.3. The number of nitrogens with zero attached hydrogens (tertiary/aromatic N) is 2. The van der Waals surface area contributed by atoms with Crippen molar-refractivity contribution in [2.45, 2.75) is 13.1 Å². The third-order valence-corrected chi connectivity index (χ3v) is 10.0. The van der Waals surface area contributed by atoms with Crippen molar-refractivity contribution in [3.63, 3.8) is 0 Å². The predicted octanol–water partition coefficient (Wildman–Crippen LogP) is 5.46. The number of carbonyl (C=O) groups excluding carboxylic acids is 4. The molecular formula is C38H30N2O4. The highest BCUT2D eigenvalue weighted by Crippen LogP contribution is 2.66. The van der Waals surface area contributed by atoms with Crippen molar-refractivity contribution in [2.24, 2.45) is 35.5 Å². The van der Waals surface area contributed by atoms with Gasteiger partial charge in [-0.15, -0.1) is 0 Å². The minimum absolute atomic E-state index is 0.170. The van der Waals surface area contributed by atoms with E-state index in [1.54, 1.807) is 0 Å². The summed E-state index contributed by atoms with van der Waals surface area (Å²) in [6.07, 6.45) is 0. The summed E-state index contributed by atoms with van der Waals surface area (Å²) in [4.78, 5) is 60.3. The number of rotatable bonds is 6. The Morgan fingerprint density at radius 2 is 0.636 bits per heavy atom. The molecule has 0 N–H and O–H groups in total. The van der Waals surface area contributed by atoms with Crippen molar-refractivity contribution in [1.29, 1.82) is 0 Å². The van der Waals surface area contributed by atoms with Crippen LogP contribution < -0.4 is 0 Å². The first-order chi connectivity index (χ1) is 21.5. The fraction of sp³-hybridized carbons (Fsp3) is 0.211. The molecule has 2 saturated heterocycles. The molecule has 6 heteroatoms. The van der Waals surface area contributed by atoms with Crippen LogP contribution in [0.3, 0.4) is 0 Å². The summed E-state index contributed by atoms with van der Waals surface area (Å²) >= 11 is 0. The molecule has 4 amide bonds. The molecule has 2 heterocycles. The number of allylic oxidation sites excluding steroid dienone is 2. The lowest BCUT2D eigenvalue weighted by Gasteiger charge is -2.51. The molecule has 44 heavy (non-hydrogen) atoms. The van der Waals surface area contributed by atoms with Gasteiger partial charge in [-0.2, -0.15) is 0 Å². The van der Waals surface area contributed by atoms with Gasteiger partial charge in [-0.05, 0) is 33.4 Å². The Kier molecular flexibility index (Phi) is 6.19. The van der Waals surface area contributed by atoms with Gasteiger partial charge in [-0.3, -0.25) is 29.0 Å². The Labute approximate surface area is 255 Å². The van der Waals surface area contributed by atoms with Gasteiger partial charge < -0.3 is 0 Å². The second kappa shape index (κ2) is 10.3. The van der Waals surface area contributed by atoms with E-state index < -0.39 is 35.5 Å². The fourth-order valence-corrected chi connectivity index (χ4v) is 8.36. The standard InChI is InChI=1S/C38H30N2O4/c41-35-31-29-27(25-17-9-3-10-18-25)28(26-19-11-4-12-20-26)30(32(31)36(42)39(35)21-23-13-5-1-6-14-23)34-33(29)37(43)40(38(34)44)22-24-15-7-2-8-16-24/h1-20,29-34H,21-22H2/t29?,30?,31-,32-,33-,34+/m0/s1. The molecule has 0 aromatic heterocycles. The van der Waals surface area contributed by atoms with Gasteiger partial charge in [0.25, 0.3) is 0 Å². The van der Waals surface area contributed by atoms with Crippen molar-refractivity contribution >= 4 is 34.8 Å².